The summed E-state index contributed by atoms with van der Waals surface area (Å²) >= 11 is 2.26. The molecule has 6 rings (SSSR count). The summed E-state index contributed by atoms with van der Waals surface area (Å²) in [7, 11) is 0. The summed E-state index contributed by atoms with van der Waals surface area (Å²) in [6, 6.07) is 14.4. The topological polar surface area (TPSA) is 98.0 Å². The minimum atomic E-state index is -0.610. The Labute approximate surface area is 225 Å². The summed E-state index contributed by atoms with van der Waals surface area (Å²) in [5.41, 5.74) is 1.92. The van der Waals surface area contributed by atoms with E-state index in [9.17, 15) is 18.8 Å². The van der Waals surface area contributed by atoms with Gasteiger partial charge in [-0.2, -0.15) is 5.10 Å². The lowest BCUT2D eigenvalue weighted by molar-refractivity contribution is -0.123. The van der Waals surface area contributed by atoms with Crippen molar-refractivity contribution in [3.05, 3.63) is 92.3 Å². The van der Waals surface area contributed by atoms with Crippen LogP contribution in [0.15, 0.2) is 71.8 Å². The van der Waals surface area contributed by atoms with Crippen LogP contribution in [0.1, 0.15) is 24.4 Å². The Hall–Kier alpha value is -3.54. The third-order valence-corrected chi connectivity index (χ3v) is 7.80. The average Bonchev–Trinajstić information content (AvgIpc) is 3.37. The van der Waals surface area contributed by atoms with Gasteiger partial charge in [0.25, 0.3) is 5.56 Å². The smallest absolute Gasteiger partial charge is 0.250 e. The van der Waals surface area contributed by atoms with Crippen molar-refractivity contribution in [1.29, 1.82) is 0 Å². The minimum Gasteiger partial charge on any atom is -0.350 e. The summed E-state index contributed by atoms with van der Waals surface area (Å²) < 4.78 is 18.9. The number of nitrogens with zero attached hydrogens (tertiary/aromatic N) is 3. The van der Waals surface area contributed by atoms with Crippen LogP contribution in [-0.4, -0.2) is 32.2 Å². The van der Waals surface area contributed by atoms with Crippen LogP contribution in [0.4, 0.5) is 4.39 Å². The molecule has 10 heteroatoms. The molecule has 2 fully saturated rings. The zero-order valence-corrected chi connectivity index (χ0v) is 21.8. The first kappa shape index (κ1) is 23.8. The first-order chi connectivity index (χ1) is 17.9. The van der Waals surface area contributed by atoms with Crippen molar-refractivity contribution >= 4 is 45.3 Å². The van der Waals surface area contributed by atoms with E-state index in [1.54, 1.807) is 45.9 Å². The lowest BCUT2D eigenvalue weighted by Gasteiger charge is -2.21. The Balaban J connectivity index is 1.15. The summed E-state index contributed by atoms with van der Waals surface area (Å²) in [5.74, 6) is -1.09. The molecule has 1 aliphatic heterocycles. The standard InChI is InChI=1S/C27H23FIN5O3/c28-21-4-2-1-3-19(21)26-22(11-24(35)32-26)31-27(37)20-10-16(20)13-33-14-18(6-8-25(33)36)34-23-7-5-17(29)9-15(23)12-30-34/h1-9,12,14,16,20,22,26H,10-11,13H2,(H,31,37)(H,32,35)/t16?,20?,22-,26+/m0/s1. The van der Waals surface area contributed by atoms with Gasteiger partial charge in [-0.3, -0.25) is 14.4 Å². The van der Waals surface area contributed by atoms with Crippen molar-refractivity contribution in [2.45, 2.75) is 31.5 Å². The van der Waals surface area contributed by atoms with E-state index in [2.05, 4.69) is 38.3 Å². The molecule has 0 bridgehead atoms. The van der Waals surface area contributed by atoms with Crippen LogP contribution >= 0.6 is 22.6 Å². The van der Waals surface area contributed by atoms with Gasteiger partial charge in [0, 0.05) is 45.7 Å². The Morgan fingerprint density at radius 1 is 1.16 bits per heavy atom. The van der Waals surface area contributed by atoms with Crippen LogP contribution in [0.25, 0.3) is 16.6 Å². The number of hydrogen-bond donors (Lipinski definition) is 2. The van der Waals surface area contributed by atoms with Crippen LogP contribution in [0.3, 0.4) is 0 Å². The summed E-state index contributed by atoms with van der Waals surface area (Å²) in [5, 5.41) is 11.2. The highest BCUT2D eigenvalue weighted by molar-refractivity contribution is 14.1. The predicted molar refractivity (Wildman–Crippen MR) is 143 cm³/mol. The first-order valence-electron chi connectivity index (χ1n) is 12.1. The van der Waals surface area contributed by atoms with E-state index in [0.717, 1.165) is 20.2 Å². The second-order valence-corrected chi connectivity index (χ2v) is 10.9. The largest absolute Gasteiger partial charge is 0.350 e. The number of fused-ring (bicyclic) bond motifs is 1. The molecule has 37 heavy (non-hydrogen) atoms. The first-order valence-corrected chi connectivity index (χ1v) is 13.1. The van der Waals surface area contributed by atoms with Gasteiger partial charge in [-0.25, -0.2) is 9.07 Å². The zero-order chi connectivity index (χ0) is 25.7. The molecule has 2 unspecified atom stereocenters. The molecule has 3 heterocycles. The maximum Gasteiger partial charge on any atom is 0.250 e. The van der Waals surface area contributed by atoms with Gasteiger partial charge in [-0.05, 0) is 65.3 Å². The lowest BCUT2D eigenvalue weighted by Crippen LogP contribution is -2.40. The number of rotatable bonds is 6. The van der Waals surface area contributed by atoms with Gasteiger partial charge >= 0.3 is 0 Å². The highest BCUT2D eigenvalue weighted by atomic mass is 127. The van der Waals surface area contributed by atoms with Crippen molar-refractivity contribution in [1.82, 2.24) is 25.0 Å². The number of carbonyl (C=O) groups excluding carboxylic acids is 2. The number of aromatic nitrogens is 3. The van der Waals surface area contributed by atoms with Crippen LogP contribution in [0.5, 0.6) is 0 Å². The molecule has 2 amide bonds. The van der Waals surface area contributed by atoms with Gasteiger partial charge in [0.05, 0.1) is 29.5 Å². The normalized spacial score (nSPS) is 22.7. The molecule has 8 nitrogen and oxygen atoms in total. The van der Waals surface area contributed by atoms with Crippen molar-refractivity contribution < 1.29 is 14.0 Å². The lowest BCUT2D eigenvalue weighted by atomic mass is 10.00. The number of benzene rings is 2. The second kappa shape index (κ2) is 9.40. The maximum absolute atomic E-state index is 14.3. The molecule has 2 aromatic heterocycles. The molecule has 2 aliphatic rings. The van der Waals surface area contributed by atoms with Gasteiger partial charge in [0.15, 0.2) is 0 Å². The van der Waals surface area contributed by atoms with Crippen LogP contribution in [0.2, 0.25) is 0 Å². The Kier molecular flexibility index (Phi) is 6.06. The second-order valence-electron chi connectivity index (χ2n) is 9.63. The Morgan fingerprint density at radius 2 is 2.00 bits per heavy atom. The molecule has 188 valence electrons. The van der Waals surface area contributed by atoms with Gasteiger partial charge < -0.3 is 15.2 Å². The highest BCUT2D eigenvalue weighted by Gasteiger charge is 2.45. The summed E-state index contributed by atoms with van der Waals surface area (Å²) in [6.45, 7) is 0.403. The van der Waals surface area contributed by atoms with E-state index in [1.165, 1.54) is 12.1 Å². The number of carbonyl (C=O) groups is 2. The van der Waals surface area contributed by atoms with E-state index in [0.29, 0.717) is 18.5 Å². The Bertz CT molecular complexity index is 1600. The van der Waals surface area contributed by atoms with Gasteiger partial charge in [0.2, 0.25) is 11.8 Å². The molecule has 2 aromatic carbocycles. The van der Waals surface area contributed by atoms with Gasteiger partial charge in [-0.15, -0.1) is 0 Å². The summed E-state index contributed by atoms with van der Waals surface area (Å²) in [4.78, 5) is 37.6. The number of pyridine rings is 1. The molecule has 0 radical (unpaired) electrons. The molecule has 1 saturated heterocycles. The van der Waals surface area contributed by atoms with Crippen LogP contribution in [0, 0.1) is 21.2 Å². The fourth-order valence-electron chi connectivity index (χ4n) is 5.12. The SMILES string of the molecule is O=C1C[C@H](NC(=O)C2CC2Cn2cc(-n3ncc4cc(I)ccc43)ccc2=O)[C@@H](c2ccccc2F)N1. The zero-order valence-electron chi connectivity index (χ0n) is 19.6. The molecular weight excluding hydrogens is 588 g/mol. The third kappa shape index (κ3) is 4.65. The van der Waals surface area contributed by atoms with Crippen LogP contribution in [-0.2, 0) is 16.1 Å². The summed E-state index contributed by atoms with van der Waals surface area (Å²) in [6.07, 6.45) is 4.31. The van der Waals surface area contributed by atoms with E-state index >= 15 is 0 Å². The number of hydrogen-bond acceptors (Lipinski definition) is 4. The Morgan fingerprint density at radius 3 is 2.84 bits per heavy atom. The van der Waals surface area contributed by atoms with Crippen molar-refractivity contribution in [2.24, 2.45) is 11.8 Å². The van der Waals surface area contributed by atoms with E-state index in [1.807, 2.05) is 18.2 Å². The van der Waals surface area contributed by atoms with Crippen molar-refractivity contribution in [3.63, 3.8) is 0 Å². The molecule has 4 atom stereocenters. The molecule has 2 N–H and O–H groups in total. The van der Waals surface area contributed by atoms with Crippen molar-refractivity contribution in [2.75, 3.05) is 0 Å². The molecule has 0 spiro atoms. The van der Waals surface area contributed by atoms with E-state index < -0.39 is 17.9 Å². The molecule has 4 aromatic rings. The van der Waals surface area contributed by atoms with E-state index in [4.69, 9.17) is 0 Å². The molecule has 1 saturated carbocycles. The molecule has 1 aliphatic carbocycles. The number of halogens is 2. The monoisotopic (exact) mass is 611 g/mol. The third-order valence-electron chi connectivity index (χ3n) is 7.13. The van der Waals surface area contributed by atoms with Gasteiger partial charge in [-0.1, -0.05) is 18.2 Å². The van der Waals surface area contributed by atoms with Gasteiger partial charge in [0.1, 0.15) is 5.82 Å². The predicted octanol–water partition coefficient (Wildman–Crippen LogP) is 3.31. The highest BCUT2D eigenvalue weighted by Crippen LogP contribution is 2.40. The maximum atomic E-state index is 14.3. The quantitative estimate of drug-likeness (QED) is 0.327. The number of amides is 2. The van der Waals surface area contributed by atoms with Crippen molar-refractivity contribution in [3.8, 4) is 5.69 Å². The average molecular weight is 611 g/mol. The number of nitrogens with one attached hydrogen (secondary N) is 2. The van der Waals surface area contributed by atoms with E-state index in [-0.39, 0.29) is 35.6 Å². The fraction of sp³-hybridized carbons (Fsp3) is 0.259. The minimum absolute atomic E-state index is 0.000805. The van der Waals surface area contributed by atoms with Crippen LogP contribution < -0.4 is 16.2 Å². The fourth-order valence-corrected chi connectivity index (χ4v) is 5.63. The molecular formula is C27H23FIN5O3.